The average molecular weight is 1280 g/mol. The van der Waals surface area contributed by atoms with Crippen molar-refractivity contribution >= 4 is 54.5 Å². The number of aryl methyl sites for hydroxylation is 4. The van der Waals surface area contributed by atoms with Crippen LogP contribution in [0, 0.1) is 27.7 Å². The maximum atomic E-state index is 14.2. The van der Waals surface area contributed by atoms with E-state index in [1.54, 1.807) is 47.6 Å². The number of carbonyl (C=O) groups is 2. The van der Waals surface area contributed by atoms with Crippen LogP contribution in [-0.4, -0.2) is 161 Å². The van der Waals surface area contributed by atoms with E-state index in [-0.39, 0.29) is 59.1 Å². The Hall–Kier alpha value is -7.76. The van der Waals surface area contributed by atoms with Gasteiger partial charge in [-0.2, -0.15) is 0 Å². The normalized spacial score (nSPS) is 18.2. The molecule has 0 aliphatic carbocycles. The van der Waals surface area contributed by atoms with E-state index >= 15 is 0 Å². The molecule has 4 saturated heterocycles. The van der Waals surface area contributed by atoms with Gasteiger partial charge >= 0.3 is 12.7 Å². The molecule has 6 aromatic rings. The molecule has 2 aromatic heterocycles. The Bertz CT molecular complexity index is 3420. The van der Waals surface area contributed by atoms with Crippen molar-refractivity contribution < 1.29 is 54.9 Å². The van der Waals surface area contributed by atoms with E-state index in [0.717, 1.165) is 58.1 Å². The van der Waals surface area contributed by atoms with E-state index in [9.17, 15) is 41.0 Å². The first-order valence-corrected chi connectivity index (χ1v) is 34.2. The van der Waals surface area contributed by atoms with Gasteiger partial charge in [-0.15, -0.1) is 26.3 Å². The molecule has 0 saturated carbocycles. The van der Waals surface area contributed by atoms with Crippen LogP contribution in [0.15, 0.2) is 122 Å². The number of pyridine rings is 2. The van der Waals surface area contributed by atoms with Gasteiger partial charge in [-0.05, 0) is 154 Å². The molecule has 16 nitrogen and oxygen atoms in total. The molecular weight excluding hydrogens is 1190 g/mol. The molecule has 3 N–H and O–H groups in total. The molecule has 0 bridgehead atoms. The maximum absolute atomic E-state index is 14.2. The lowest BCUT2D eigenvalue weighted by molar-refractivity contribution is -0.275. The Morgan fingerprint density at radius 2 is 0.945 bits per heavy atom. The van der Waals surface area contributed by atoms with Crippen LogP contribution in [0.2, 0.25) is 18.1 Å². The fraction of sp³-hybridized carbons (Fsp3) is 0.471. The van der Waals surface area contributed by atoms with Crippen LogP contribution in [0.4, 0.5) is 60.7 Å². The van der Waals surface area contributed by atoms with Crippen molar-refractivity contribution in [3.63, 3.8) is 0 Å². The summed E-state index contributed by atoms with van der Waals surface area (Å²) in [6.45, 7) is 25.0. The van der Waals surface area contributed by atoms with E-state index < -0.39 is 21.0 Å². The number of ether oxygens (including phenoxy) is 2. The van der Waals surface area contributed by atoms with E-state index in [2.05, 4.69) is 74.9 Å². The molecule has 4 aromatic carbocycles. The Morgan fingerprint density at radius 1 is 0.549 bits per heavy atom. The van der Waals surface area contributed by atoms with Crippen molar-refractivity contribution in [2.24, 2.45) is 0 Å². The van der Waals surface area contributed by atoms with Crippen LogP contribution in [0.1, 0.15) is 89.4 Å². The molecule has 0 unspecified atom stereocenters. The Labute approximate surface area is 531 Å². The van der Waals surface area contributed by atoms with Gasteiger partial charge in [-0.25, -0.2) is 9.97 Å². The van der Waals surface area contributed by atoms with E-state index in [1.165, 1.54) is 18.2 Å². The summed E-state index contributed by atoms with van der Waals surface area (Å²) in [5.41, 5.74) is 7.78. The van der Waals surface area contributed by atoms with Crippen molar-refractivity contribution in [2.75, 3.05) is 109 Å². The highest BCUT2D eigenvalue weighted by atomic mass is 28.4. The number of piperidine rings is 2. The minimum atomic E-state index is -4.75. The minimum absolute atomic E-state index is 0.00496. The molecule has 91 heavy (non-hydrogen) atoms. The van der Waals surface area contributed by atoms with Crippen molar-refractivity contribution in [2.45, 2.75) is 129 Å². The zero-order valence-corrected chi connectivity index (χ0v) is 54.5. The van der Waals surface area contributed by atoms with Crippen molar-refractivity contribution in [1.82, 2.24) is 19.8 Å². The number of para-hydroxylation sites is 4. The van der Waals surface area contributed by atoms with Gasteiger partial charge in [-0.3, -0.25) is 9.59 Å². The van der Waals surface area contributed by atoms with E-state index in [1.807, 2.05) is 102 Å². The largest absolute Gasteiger partial charge is 0.573 e. The highest BCUT2D eigenvalue weighted by Gasteiger charge is 2.41. The molecule has 4 aliphatic heterocycles. The summed E-state index contributed by atoms with van der Waals surface area (Å²) in [6.07, 6.45) is -3.11. The third-order valence-corrected chi connectivity index (χ3v) is 22.8. The number of benzene rings is 4. The Kier molecular flexibility index (Phi) is 21.4. The van der Waals surface area contributed by atoms with Gasteiger partial charge in [0.2, 0.25) is 0 Å². The zero-order valence-electron chi connectivity index (χ0n) is 53.5. The van der Waals surface area contributed by atoms with Gasteiger partial charge in [0.25, 0.3) is 11.8 Å². The number of aliphatic hydroxyl groups is 1. The minimum Gasteiger partial charge on any atom is -0.415 e. The number of alkyl halides is 6. The number of halogens is 6. The summed E-state index contributed by atoms with van der Waals surface area (Å²) in [4.78, 5) is 48.8. The lowest BCUT2D eigenvalue weighted by atomic mass is 9.99. The number of nitrogens with zero attached hydrogens (tertiary/aromatic N) is 8. The number of hydrogen-bond donors (Lipinski definition) is 3. The number of anilines is 6. The monoisotopic (exact) mass is 1280 g/mol. The number of aromatic nitrogens is 2. The average Bonchev–Trinajstić information content (AvgIpc) is 0.904. The number of carbonyl (C=O) groups excluding carboxylic acids is 2. The van der Waals surface area contributed by atoms with Crippen molar-refractivity contribution in [3.8, 4) is 11.5 Å². The van der Waals surface area contributed by atoms with Crippen LogP contribution in [0.5, 0.6) is 11.5 Å². The summed E-state index contributed by atoms with van der Waals surface area (Å²) in [5.74, 6) is 1.20. The van der Waals surface area contributed by atoms with Crippen molar-refractivity contribution in [3.05, 3.63) is 155 Å². The van der Waals surface area contributed by atoms with Crippen LogP contribution in [0.3, 0.4) is 0 Å². The van der Waals surface area contributed by atoms with Crippen LogP contribution >= 0.6 is 0 Å². The van der Waals surface area contributed by atoms with Crippen LogP contribution in [0.25, 0.3) is 0 Å². The second kappa shape index (κ2) is 28.8. The Balaban J connectivity index is 0.000000218. The highest BCUT2D eigenvalue weighted by Crippen LogP contribution is 2.39. The predicted octanol–water partition coefficient (Wildman–Crippen LogP) is 13.0. The number of amides is 2. The molecule has 6 heterocycles. The number of piperazine rings is 2. The van der Waals surface area contributed by atoms with Gasteiger partial charge in [-0.1, -0.05) is 69.3 Å². The SMILES string of the molecule is Cc1cc(C)c(C(=O)N2CCN(c3ccccn3)[C@H](CO)C2)cc1NC1CCN(c2ccccc2OC(F)(F)F)CC1.Cc1cc(C)c(C(=O)N2CCN(c3ccccn3)[C@H](CO[Si](C)(C)C(C)(C)C)C2)cc1NC1CCN(c2ccccc2OC(F)(F)F)CC1. The predicted molar refractivity (Wildman–Crippen MR) is 349 cm³/mol. The summed E-state index contributed by atoms with van der Waals surface area (Å²) < 4.78 is 92.9. The molecular formula is C68H86F6N10O6Si. The second-order valence-corrected chi connectivity index (χ2v) is 30.4. The lowest BCUT2D eigenvalue weighted by Gasteiger charge is -2.44. The van der Waals surface area contributed by atoms with Gasteiger partial charge in [0.05, 0.1) is 36.7 Å². The van der Waals surface area contributed by atoms with Gasteiger partial charge in [0.15, 0.2) is 19.8 Å². The fourth-order valence-corrected chi connectivity index (χ4v) is 13.2. The molecule has 23 heteroatoms. The molecule has 0 spiro atoms. The summed E-state index contributed by atoms with van der Waals surface area (Å²) in [6, 6.07) is 31.9. The molecule has 0 radical (unpaired) electrons. The highest BCUT2D eigenvalue weighted by molar-refractivity contribution is 6.74. The quantitative estimate of drug-likeness (QED) is 0.0623. The number of hydrogen-bond acceptors (Lipinski definition) is 14. The Morgan fingerprint density at radius 3 is 1.33 bits per heavy atom. The lowest BCUT2D eigenvalue weighted by Crippen LogP contribution is -2.58. The van der Waals surface area contributed by atoms with E-state index in [0.29, 0.717) is 107 Å². The molecule has 490 valence electrons. The van der Waals surface area contributed by atoms with Crippen molar-refractivity contribution in [1.29, 1.82) is 0 Å². The number of rotatable bonds is 16. The van der Waals surface area contributed by atoms with Crippen LogP contribution < -0.4 is 39.7 Å². The molecule has 2 amide bonds. The van der Waals surface area contributed by atoms with Gasteiger partial charge < -0.3 is 59.0 Å². The number of aliphatic hydroxyl groups excluding tert-OH is 1. The third kappa shape index (κ3) is 17.2. The second-order valence-electron chi connectivity index (χ2n) is 25.6. The van der Waals surface area contributed by atoms with Gasteiger partial charge in [0, 0.05) is 112 Å². The molecule has 4 aliphatic rings. The van der Waals surface area contributed by atoms with Gasteiger partial charge in [0.1, 0.15) is 11.6 Å². The topological polar surface area (TPSA) is 151 Å². The number of nitrogens with one attached hydrogen (secondary N) is 2. The maximum Gasteiger partial charge on any atom is 0.573 e. The van der Waals surface area contributed by atoms with E-state index in [4.69, 9.17) is 4.43 Å². The smallest absolute Gasteiger partial charge is 0.415 e. The standard InChI is InChI=1S/C37H50F3N5O3Si.C31H36F3N5O3/c1-26-22-27(2)31(42-28-15-18-43(19-16-28)32-12-8-9-13-33(32)48-37(38,39)40)23-30(26)35(46)44-20-21-45(34-14-10-11-17-41-34)29(24-44)25-47-49(6,7)36(3,4)5;1-21-17-22(2)26(36-23-10-13-37(14-11-23)27-7-3-4-8-28(27)42-31(32,33)34)18-25(21)30(41)38-15-16-39(24(19-38)20-40)29-9-5-6-12-35-29/h8-14,17,22-23,28-29,42H,15-16,18-21,24-25H2,1-7H3;3-9,12,17-18,23-24,36,40H,10-11,13-16,19-20H2,1-2H3/t29-;24-/m00/s1. The summed E-state index contributed by atoms with van der Waals surface area (Å²) in [7, 11) is -2.03. The first kappa shape index (κ1) is 67.6. The molecule has 4 fully saturated rings. The first-order chi connectivity index (χ1) is 43.1. The van der Waals surface area contributed by atoms with Crippen LogP contribution in [-0.2, 0) is 4.43 Å². The third-order valence-electron chi connectivity index (χ3n) is 18.3. The fourth-order valence-electron chi connectivity index (χ4n) is 12.2. The summed E-state index contributed by atoms with van der Waals surface area (Å²) in [5, 5.41) is 17.4. The first-order valence-electron chi connectivity index (χ1n) is 31.3. The zero-order chi connectivity index (χ0) is 65.4. The molecule has 2 atom stereocenters. The summed E-state index contributed by atoms with van der Waals surface area (Å²) >= 11 is 0. The molecule has 10 rings (SSSR count).